The van der Waals surface area contributed by atoms with Gasteiger partial charge in [0.05, 0.1) is 41.4 Å². The zero-order valence-corrected chi connectivity index (χ0v) is 25.7. The Bertz CT molecular complexity index is 1680. The lowest BCUT2D eigenvalue weighted by atomic mass is 9.93. The van der Waals surface area contributed by atoms with Crippen molar-refractivity contribution in [3.05, 3.63) is 106 Å². The molecule has 1 aliphatic heterocycles. The molecule has 1 aliphatic rings. The fraction of sp³-hybridized carbons (Fsp3) is 0.333. The Morgan fingerprint density at radius 1 is 1.02 bits per heavy atom. The molecule has 13 heteroatoms. The number of carbonyl (C=O) groups is 1. The molecular formula is C33H32F5N3O4S. The maximum Gasteiger partial charge on any atom is 0.416 e. The van der Waals surface area contributed by atoms with Crippen LogP contribution in [-0.2, 0) is 27.3 Å². The monoisotopic (exact) mass is 661 g/mol. The van der Waals surface area contributed by atoms with E-state index in [1.807, 2.05) is 11.0 Å². The van der Waals surface area contributed by atoms with Crippen molar-refractivity contribution >= 4 is 21.3 Å². The quantitative estimate of drug-likeness (QED) is 0.215. The number of nitrogens with one attached hydrogen (secondary N) is 1. The van der Waals surface area contributed by atoms with Crippen LogP contribution in [0.1, 0.15) is 58.4 Å². The number of sulfone groups is 1. The highest BCUT2D eigenvalue weighted by Gasteiger charge is 2.30. The molecule has 0 spiro atoms. The van der Waals surface area contributed by atoms with Crippen LogP contribution in [0.4, 0.5) is 22.0 Å². The molecule has 0 aliphatic carbocycles. The summed E-state index contributed by atoms with van der Waals surface area (Å²) in [6.07, 6.45) is -4.10. The van der Waals surface area contributed by atoms with Crippen LogP contribution in [0.3, 0.4) is 0 Å². The molecule has 1 N–H and O–H groups in total. The maximum atomic E-state index is 13.1. The van der Waals surface area contributed by atoms with Crippen molar-refractivity contribution in [1.29, 1.82) is 5.26 Å². The van der Waals surface area contributed by atoms with E-state index >= 15 is 0 Å². The summed E-state index contributed by atoms with van der Waals surface area (Å²) >= 11 is 0. The van der Waals surface area contributed by atoms with Crippen LogP contribution in [0, 0.1) is 11.3 Å². The van der Waals surface area contributed by atoms with Gasteiger partial charge in [0, 0.05) is 25.2 Å². The first-order valence-electron chi connectivity index (χ1n) is 14.4. The minimum absolute atomic E-state index is 0.0567. The van der Waals surface area contributed by atoms with Crippen LogP contribution in [0.15, 0.2) is 83.3 Å². The van der Waals surface area contributed by atoms with Gasteiger partial charge in [0.25, 0.3) is 5.91 Å². The number of carbonyl (C=O) groups excluding carboxylic acids is 1. The van der Waals surface area contributed by atoms with Gasteiger partial charge >= 0.3 is 12.8 Å². The van der Waals surface area contributed by atoms with Gasteiger partial charge in [-0.15, -0.1) is 0 Å². The first-order valence-corrected chi connectivity index (χ1v) is 16.1. The van der Waals surface area contributed by atoms with Crippen molar-refractivity contribution in [3.8, 4) is 6.07 Å². The molecule has 0 radical (unpaired) electrons. The van der Waals surface area contributed by atoms with Gasteiger partial charge in [0.2, 0.25) is 0 Å². The molecule has 0 bridgehead atoms. The number of nitrogens with zero attached hydrogens (tertiary/aromatic N) is 2. The zero-order valence-electron chi connectivity index (χ0n) is 24.9. The van der Waals surface area contributed by atoms with Crippen molar-refractivity contribution in [2.75, 3.05) is 25.4 Å². The van der Waals surface area contributed by atoms with E-state index in [0.717, 1.165) is 17.7 Å². The number of halogens is 5. The highest BCUT2D eigenvalue weighted by molar-refractivity contribution is 7.91. The average molecular weight is 662 g/mol. The van der Waals surface area contributed by atoms with Crippen molar-refractivity contribution in [1.82, 2.24) is 10.2 Å². The lowest BCUT2D eigenvalue weighted by molar-refractivity contribution is -0.137. The molecule has 46 heavy (non-hydrogen) atoms. The van der Waals surface area contributed by atoms with Gasteiger partial charge in [-0.25, -0.2) is 8.42 Å². The molecule has 1 amide bonds. The van der Waals surface area contributed by atoms with Gasteiger partial charge in [-0.05, 0) is 70.7 Å². The molecule has 244 valence electrons. The van der Waals surface area contributed by atoms with E-state index in [-0.39, 0.29) is 29.2 Å². The van der Waals surface area contributed by atoms with Gasteiger partial charge in [-0.1, -0.05) is 43.3 Å². The molecule has 0 unspecified atom stereocenters. The van der Waals surface area contributed by atoms with Crippen LogP contribution in [-0.4, -0.2) is 51.3 Å². The third-order valence-corrected chi connectivity index (χ3v) is 9.48. The molecule has 1 heterocycles. The Morgan fingerprint density at radius 3 is 2.24 bits per heavy atom. The second-order valence-corrected chi connectivity index (χ2v) is 13.0. The predicted molar refractivity (Wildman–Crippen MR) is 161 cm³/mol. The summed E-state index contributed by atoms with van der Waals surface area (Å²) in [7, 11) is -3.41. The average Bonchev–Trinajstić information content (AvgIpc) is 3.03. The first kappa shape index (κ1) is 34.7. The van der Waals surface area contributed by atoms with E-state index in [1.165, 1.54) is 31.2 Å². The molecule has 0 saturated heterocycles. The Hall–Kier alpha value is -4.12. The largest absolute Gasteiger partial charge is 0.416 e. The van der Waals surface area contributed by atoms with Crippen molar-refractivity contribution in [2.45, 2.75) is 50.0 Å². The standard InChI is InChI=1S/C33H32F5N3O4S/c1-2-46(43,44)28-13-9-24(10-14-28)30(15-17-39)40-31(42)25-7-5-23(6-8-25)29-20-41(18-16-26(29)21-45-32(34)35)19-22-3-11-27(12-4-22)33(36,37)38/h3-14,30,32H,2,15-16,18-21H2,1H3,(H,40,42)/t30-/m0/s1. The summed E-state index contributed by atoms with van der Waals surface area (Å²) < 4.78 is 93.5. The zero-order chi connectivity index (χ0) is 33.5. The summed E-state index contributed by atoms with van der Waals surface area (Å²) in [4.78, 5) is 15.3. The highest BCUT2D eigenvalue weighted by Crippen LogP contribution is 2.31. The number of nitriles is 1. The van der Waals surface area contributed by atoms with Crippen molar-refractivity contribution in [2.24, 2.45) is 0 Å². The molecule has 3 aromatic carbocycles. The van der Waals surface area contributed by atoms with Gasteiger partial charge < -0.3 is 10.1 Å². The molecule has 1 atom stereocenters. The van der Waals surface area contributed by atoms with Crippen LogP contribution >= 0.6 is 0 Å². The normalized spacial score (nSPS) is 15.1. The topological polar surface area (TPSA) is 99.5 Å². The van der Waals surface area contributed by atoms with Crippen LogP contribution in [0.2, 0.25) is 0 Å². The van der Waals surface area contributed by atoms with Gasteiger partial charge in [0.1, 0.15) is 0 Å². The summed E-state index contributed by atoms with van der Waals surface area (Å²) in [5.41, 5.74) is 2.80. The third-order valence-electron chi connectivity index (χ3n) is 7.73. The number of hydrogen-bond acceptors (Lipinski definition) is 6. The SMILES string of the molecule is CCS(=O)(=O)c1ccc([C@H](CC#N)NC(=O)c2ccc(C3=C(COC(F)F)CCN(Cc4ccc(C(F)(F)F)cc4)C3)cc2)cc1. The molecule has 0 aromatic heterocycles. The fourth-order valence-electron chi connectivity index (χ4n) is 5.15. The first-order chi connectivity index (χ1) is 21.8. The summed E-state index contributed by atoms with van der Waals surface area (Å²) in [6.45, 7) is -0.566. The molecule has 7 nitrogen and oxygen atoms in total. The third kappa shape index (κ3) is 8.99. The highest BCUT2D eigenvalue weighted by atomic mass is 32.2. The minimum Gasteiger partial charge on any atom is -0.344 e. The lowest BCUT2D eigenvalue weighted by Crippen LogP contribution is -2.32. The van der Waals surface area contributed by atoms with Crippen molar-refractivity contribution < 1.29 is 39.9 Å². The summed E-state index contributed by atoms with van der Waals surface area (Å²) in [5.74, 6) is -0.532. The van der Waals surface area contributed by atoms with Crippen molar-refractivity contribution in [3.63, 3.8) is 0 Å². The molecule has 4 rings (SSSR count). The van der Waals surface area contributed by atoms with Crippen LogP contribution in [0.5, 0.6) is 0 Å². The van der Waals surface area contributed by atoms with Gasteiger partial charge in [-0.2, -0.15) is 27.2 Å². The van der Waals surface area contributed by atoms with Crippen LogP contribution in [0.25, 0.3) is 5.57 Å². The van der Waals surface area contributed by atoms with Crippen LogP contribution < -0.4 is 5.32 Å². The van der Waals surface area contributed by atoms with E-state index in [0.29, 0.717) is 48.3 Å². The fourth-order valence-corrected chi connectivity index (χ4v) is 6.04. The summed E-state index contributed by atoms with van der Waals surface area (Å²) in [5, 5.41) is 12.1. The molecule has 0 fully saturated rings. The molecule has 3 aromatic rings. The number of benzene rings is 3. The van der Waals surface area contributed by atoms with Gasteiger partial charge in [-0.3, -0.25) is 9.69 Å². The number of alkyl halides is 5. The van der Waals surface area contributed by atoms with E-state index in [9.17, 15) is 40.4 Å². The second kappa shape index (κ2) is 15.0. The smallest absolute Gasteiger partial charge is 0.344 e. The molecular weight excluding hydrogens is 629 g/mol. The number of hydrogen-bond donors (Lipinski definition) is 1. The Labute approximate surface area is 264 Å². The second-order valence-electron chi connectivity index (χ2n) is 10.7. The maximum absolute atomic E-state index is 13.1. The lowest BCUT2D eigenvalue weighted by Gasteiger charge is -2.31. The van der Waals surface area contributed by atoms with E-state index in [2.05, 4.69) is 10.1 Å². The Balaban J connectivity index is 1.50. The van der Waals surface area contributed by atoms with Gasteiger partial charge in [0.15, 0.2) is 9.84 Å². The summed E-state index contributed by atoms with van der Waals surface area (Å²) in [6, 6.07) is 18.7. The number of ether oxygens (including phenoxy) is 1. The van der Waals surface area contributed by atoms with E-state index in [1.54, 1.807) is 36.4 Å². The predicted octanol–water partition coefficient (Wildman–Crippen LogP) is 6.78. The minimum atomic E-state index is -4.44. The molecule has 0 saturated carbocycles. The Kier molecular flexibility index (Phi) is 11.3. The number of rotatable bonds is 12. The number of amides is 1. The van der Waals surface area contributed by atoms with E-state index < -0.39 is 40.1 Å². The van der Waals surface area contributed by atoms with E-state index in [4.69, 9.17) is 0 Å². The Morgan fingerprint density at radius 2 is 1.67 bits per heavy atom.